The lowest BCUT2D eigenvalue weighted by Crippen LogP contribution is -2.39. The van der Waals surface area contributed by atoms with Crippen molar-refractivity contribution in [3.05, 3.63) is 84.1 Å². The van der Waals surface area contributed by atoms with Crippen LogP contribution >= 0.6 is 0 Å². The van der Waals surface area contributed by atoms with Gasteiger partial charge in [-0.05, 0) is 43.7 Å². The van der Waals surface area contributed by atoms with Gasteiger partial charge in [0.25, 0.3) is 5.91 Å². The van der Waals surface area contributed by atoms with E-state index in [9.17, 15) is 9.90 Å². The predicted molar refractivity (Wildman–Crippen MR) is 110 cm³/mol. The quantitative estimate of drug-likeness (QED) is 0.660. The van der Waals surface area contributed by atoms with Gasteiger partial charge in [-0.2, -0.15) is 0 Å². The average molecular weight is 376 g/mol. The van der Waals surface area contributed by atoms with Crippen LogP contribution in [0, 0.1) is 0 Å². The summed E-state index contributed by atoms with van der Waals surface area (Å²) in [5, 5.41) is 21.4. The first-order chi connectivity index (χ1) is 13.4. The summed E-state index contributed by atoms with van der Waals surface area (Å²) in [6.45, 7) is 4.46. The molecule has 0 unspecified atom stereocenters. The van der Waals surface area contributed by atoms with Crippen LogP contribution in [-0.4, -0.2) is 33.4 Å². The van der Waals surface area contributed by atoms with E-state index in [2.05, 4.69) is 15.5 Å². The highest BCUT2D eigenvalue weighted by molar-refractivity contribution is 6.02. The second-order valence-corrected chi connectivity index (χ2v) is 7.25. The van der Waals surface area contributed by atoms with Crippen LogP contribution in [0.3, 0.4) is 0 Å². The van der Waals surface area contributed by atoms with Crippen molar-refractivity contribution in [2.24, 2.45) is 0 Å². The van der Waals surface area contributed by atoms with Gasteiger partial charge in [-0.1, -0.05) is 48.5 Å². The van der Waals surface area contributed by atoms with E-state index in [1.54, 1.807) is 26.0 Å². The van der Waals surface area contributed by atoms with Crippen LogP contribution in [-0.2, 0) is 6.54 Å². The van der Waals surface area contributed by atoms with Crippen molar-refractivity contribution in [2.75, 3.05) is 16.8 Å². The molecule has 1 amide bonds. The van der Waals surface area contributed by atoms with Crippen LogP contribution in [0.4, 0.5) is 11.5 Å². The third-order valence-electron chi connectivity index (χ3n) is 4.03. The molecule has 6 heteroatoms. The average Bonchev–Trinajstić information content (AvgIpc) is 2.68. The Morgan fingerprint density at radius 3 is 2.18 bits per heavy atom. The summed E-state index contributed by atoms with van der Waals surface area (Å²) in [6.07, 6.45) is 0. The number of para-hydroxylation sites is 1. The van der Waals surface area contributed by atoms with E-state index in [4.69, 9.17) is 0 Å². The maximum absolute atomic E-state index is 12.3. The summed E-state index contributed by atoms with van der Waals surface area (Å²) in [5.74, 6) is 0.282. The zero-order valence-corrected chi connectivity index (χ0v) is 16.0. The molecule has 3 rings (SSSR count). The first-order valence-electron chi connectivity index (χ1n) is 9.12. The van der Waals surface area contributed by atoms with Crippen LogP contribution in [0.25, 0.3) is 0 Å². The van der Waals surface area contributed by atoms with Crippen LogP contribution in [0.2, 0.25) is 0 Å². The minimum atomic E-state index is -0.903. The largest absolute Gasteiger partial charge is 0.389 e. The lowest BCUT2D eigenvalue weighted by Gasteiger charge is -2.29. The van der Waals surface area contributed by atoms with Gasteiger partial charge in [-0.3, -0.25) is 4.79 Å². The first kappa shape index (κ1) is 19.5. The molecule has 0 bridgehead atoms. The fourth-order valence-electron chi connectivity index (χ4n) is 2.82. The molecule has 2 N–H and O–H groups in total. The van der Waals surface area contributed by atoms with Crippen LogP contribution in [0.15, 0.2) is 72.8 Å². The molecule has 0 saturated carbocycles. The van der Waals surface area contributed by atoms with Crippen molar-refractivity contribution in [3.63, 3.8) is 0 Å². The van der Waals surface area contributed by atoms with Crippen molar-refractivity contribution >= 4 is 17.4 Å². The molecule has 6 nitrogen and oxygen atoms in total. The number of nitrogens with one attached hydrogen (secondary N) is 1. The molecule has 144 valence electrons. The summed E-state index contributed by atoms with van der Waals surface area (Å²) >= 11 is 0. The number of hydrogen-bond acceptors (Lipinski definition) is 5. The molecule has 0 aliphatic carbocycles. The molecular formula is C22H24N4O2. The topological polar surface area (TPSA) is 78.4 Å². The number of amides is 1. The SMILES string of the molecule is CC(C)(O)CN(Cc1ccccc1)c1ccc(C(=O)Nc2ccccc2)nn1. The Morgan fingerprint density at radius 2 is 1.61 bits per heavy atom. The monoisotopic (exact) mass is 376 g/mol. The highest BCUT2D eigenvalue weighted by Crippen LogP contribution is 2.18. The minimum Gasteiger partial charge on any atom is -0.389 e. The molecule has 28 heavy (non-hydrogen) atoms. The Hall–Kier alpha value is -3.25. The number of aromatic nitrogens is 2. The molecule has 0 radical (unpaired) electrons. The number of aliphatic hydroxyl groups is 1. The second-order valence-electron chi connectivity index (χ2n) is 7.25. The van der Waals surface area contributed by atoms with Gasteiger partial charge in [-0.15, -0.1) is 10.2 Å². The Labute approximate surface area is 164 Å². The number of carbonyl (C=O) groups is 1. The highest BCUT2D eigenvalue weighted by Gasteiger charge is 2.20. The Balaban J connectivity index is 1.76. The third kappa shape index (κ3) is 5.62. The smallest absolute Gasteiger partial charge is 0.276 e. The van der Waals surface area contributed by atoms with Gasteiger partial charge in [0, 0.05) is 18.8 Å². The van der Waals surface area contributed by atoms with Crippen molar-refractivity contribution in [2.45, 2.75) is 26.0 Å². The summed E-state index contributed by atoms with van der Waals surface area (Å²) < 4.78 is 0. The Kier molecular flexibility index (Phi) is 6.01. The molecular weight excluding hydrogens is 352 g/mol. The normalized spacial score (nSPS) is 11.1. The molecule has 0 fully saturated rings. The molecule has 0 spiro atoms. The fraction of sp³-hybridized carbons (Fsp3) is 0.227. The Morgan fingerprint density at radius 1 is 0.964 bits per heavy atom. The van der Waals surface area contributed by atoms with E-state index >= 15 is 0 Å². The summed E-state index contributed by atoms with van der Waals surface area (Å²) in [7, 11) is 0. The fourth-order valence-corrected chi connectivity index (χ4v) is 2.82. The predicted octanol–water partition coefficient (Wildman–Crippen LogP) is 3.51. The Bertz CT molecular complexity index is 891. The number of benzene rings is 2. The highest BCUT2D eigenvalue weighted by atomic mass is 16.3. The molecule has 1 heterocycles. The number of hydrogen-bond donors (Lipinski definition) is 2. The molecule has 2 aromatic carbocycles. The zero-order chi connectivity index (χ0) is 20.0. The standard InChI is InChI=1S/C22H24N4O2/c1-22(2,28)16-26(15-17-9-5-3-6-10-17)20-14-13-19(24-25-20)21(27)23-18-11-7-4-8-12-18/h3-14,28H,15-16H2,1-2H3,(H,23,27). The number of rotatable bonds is 7. The van der Waals surface area contributed by atoms with E-state index in [0.29, 0.717) is 24.6 Å². The third-order valence-corrected chi connectivity index (χ3v) is 4.03. The molecule has 0 aliphatic rings. The van der Waals surface area contributed by atoms with Crippen molar-refractivity contribution in [3.8, 4) is 0 Å². The van der Waals surface area contributed by atoms with E-state index in [-0.39, 0.29) is 11.6 Å². The van der Waals surface area contributed by atoms with Gasteiger partial charge in [-0.25, -0.2) is 0 Å². The van der Waals surface area contributed by atoms with Gasteiger partial charge < -0.3 is 15.3 Å². The van der Waals surface area contributed by atoms with Gasteiger partial charge >= 0.3 is 0 Å². The van der Waals surface area contributed by atoms with Crippen LogP contribution in [0.1, 0.15) is 29.9 Å². The van der Waals surface area contributed by atoms with E-state index < -0.39 is 5.60 Å². The van der Waals surface area contributed by atoms with Gasteiger partial charge in [0.05, 0.1) is 5.60 Å². The van der Waals surface area contributed by atoms with Gasteiger partial charge in [0.15, 0.2) is 11.5 Å². The van der Waals surface area contributed by atoms with Gasteiger partial charge in [0.1, 0.15) is 0 Å². The zero-order valence-electron chi connectivity index (χ0n) is 16.0. The second kappa shape index (κ2) is 8.63. The lowest BCUT2D eigenvalue weighted by atomic mass is 10.1. The molecule has 1 aromatic heterocycles. The maximum Gasteiger partial charge on any atom is 0.276 e. The van der Waals surface area contributed by atoms with Crippen molar-refractivity contribution in [1.29, 1.82) is 0 Å². The summed E-state index contributed by atoms with van der Waals surface area (Å²) in [6, 6.07) is 22.5. The first-order valence-corrected chi connectivity index (χ1v) is 9.12. The summed E-state index contributed by atoms with van der Waals surface area (Å²) in [5.41, 5.74) is 1.13. The van der Waals surface area contributed by atoms with Crippen LogP contribution < -0.4 is 10.2 Å². The molecule has 0 atom stereocenters. The van der Waals surface area contributed by atoms with Crippen molar-refractivity contribution < 1.29 is 9.90 Å². The van der Waals surface area contributed by atoms with E-state index in [1.165, 1.54) is 0 Å². The number of anilines is 2. The summed E-state index contributed by atoms with van der Waals surface area (Å²) in [4.78, 5) is 14.3. The number of carbonyl (C=O) groups excluding carboxylic acids is 1. The minimum absolute atomic E-state index is 0.232. The molecule has 0 aliphatic heterocycles. The van der Waals surface area contributed by atoms with Gasteiger partial charge in [0.2, 0.25) is 0 Å². The van der Waals surface area contributed by atoms with Crippen LogP contribution in [0.5, 0.6) is 0 Å². The molecule has 0 saturated heterocycles. The van der Waals surface area contributed by atoms with E-state index in [1.807, 2.05) is 65.6 Å². The number of nitrogens with zero attached hydrogens (tertiary/aromatic N) is 3. The van der Waals surface area contributed by atoms with Crippen molar-refractivity contribution in [1.82, 2.24) is 10.2 Å². The molecule has 3 aromatic rings. The lowest BCUT2D eigenvalue weighted by molar-refractivity contribution is 0.0867. The maximum atomic E-state index is 12.3. The van der Waals surface area contributed by atoms with E-state index in [0.717, 1.165) is 5.56 Å².